The fourth-order valence-corrected chi connectivity index (χ4v) is 7.83. The normalized spacial score (nSPS) is 21.1. The van der Waals surface area contributed by atoms with Gasteiger partial charge >= 0.3 is 0 Å². The van der Waals surface area contributed by atoms with Gasteiger partial charge in [0.25, 0.3) is 0 Å². The molecule has 11 nitrogen and oxygen atoms in total. The number of ether oxygens (including phenoxy) is 1. The molecule has 0 saturated carbocycles. The first kappa shape index (κ1) is 47.3. The van der Waals surface area contributed by atoms with E-state index >= 15 is 0 Å². The number of amides is 4. The molecule has 2 aliphatic rings. The Balaban J connectivity index is 0.00000664. The van der Waals surface area contributed by atoms with Crippen LogP contribution in [0.3, 0.4) is 0 Å². The molecule has 0 aromatic carbocycles. The Bertz CT molecular complexity index is 1190. The molecule has 0 spiro atoms. The van der Waals surface area contributed by atoms with Crippen molar-refractivity contribution in [1.82, 2.24) is 25.8 Å². The van der Waals surface area contributed by atoms with Gasteiger partial charge in [0.1, 0.15) is 6.04 Å². The number of hydrogen-bond donors (Lipinski definition) is 4. The summed E-state index contributed by atoms with van der Waals surface area (Å²) >= 11 is 0. The minimum atomic E-state index is -0.810. The Kier molecular flexibility index (Phi) is 21.0. The van der Waals surface area contributed by atoms with Crippen LogP contribution >= 0.6 is 0 Å². The zero-order valence-electron chi connectivity index (χ0n) is 35.0. The van der Waals surface area contributed by atoms with Crippen LogP contribution in [0.2, 0.25) is 0 Å². The van der Waals surface area contributed by atoms with Gasteiger partial charge < -0.3 is 35.6 Å². The number of likely N-dealkylation sites (N-methyl/N-ethyl adjacent to an activating group) is 2. The van der Waals surface area contributed by atoms with E-state index < -0.39 is 36.3 Å². The van der Waals surface area contributed by atoms with E-state index in [1.165, 1.54) is 0 Å². The summed E-state index contributed by atoms with van der Waals surface area (Å²) in [5.41, 5.74) is 0.808. The average molecular weight is 734 g/mol. The monoisotopic (exact) mass is 734 g/mol. The first-order valence-electron chi connectivity index (χ1n) is 19.9. The van der Waals surface area contributed by atoms with Crippen molar-refractivity contribution in [3.8, 4) is 0 Å². The number of methoxy groups -OCH3 is 1. The van der Waals surface area contributed by atoms with Crippen molar-refractivity contribution in [2.24, 2.45) is 29.6 Å². The fourth-order valence-electron chi connectivity index (χ4n) is 7.83. The van der Waals surface area contributed by atoms with Gasteiger partial charge in [-0.2, -0.15) is 0 Å². The quantitative estimate of drug-likeness (QED) is 0.145. The maximum Gasteiger partial charge on any atom is 0.245 e. The van der Waals surface area contributed by atoms with Gasteiger partial charge in [0.2, 0.25) is 23.6 Å². The molecule has 4 N–H and O–H groups in total. The highest BCUT2D eigenvalue weighted by Gasteiger charge is 2.42. The number of aliphatic hydroxyl groups excluding tert-OH is 1. The lowest BCUT2D eigenvalue weighted by atomic mass is 9.84. The molecule has 300 valence electrons. The van der Waals surface area contributed by atoms with E-state index in [9.17, 15) is 24.3 Å². The van der Waals surface area contributed by atoms with Crippen LogP contribution in [0.25, 0.3) is 0 Å². The highest BCUT2D eigenvalue weighted by atomic mass is 16.5. The summed E-state index contributed by atoms with van der Waals surface area (Å²) in [6.45, 7) is 22.2. The second-order valence-corrected chi connectivity index (χ2v) is 15.5. The zero-order chi connectivity index (χ0) is 39.9. The number of hydrogen-bond acceptors (Lipinski definition) is 7. The summed E-state index contributed by atoms with van der Waals surface area (Å²) in [6.07, 6.45) is 9.01. The molecule has 0 bridgehead atoms. The van der Waals surface area contributed by atoms with Crippen molar-refractivity contribution in [3.05, 3.63) is 23.8 Å². The highest BCUT2D eigenvalue weighted by Crippen LogP contribution is 2.31. The van der Waals surface area contributed by atoms with E-state index in [1.807, 2.05) is 78.5 Å². The molecule has 1 fully saturated rings. The lowest BCUT2D eigenvalue weighted by Gasteiger charge is -2.40. The van der Waals surface area contributed by atoms with Crippen LogP contribution in [-0.4, -0.2) is 109 Å². The third-order valence-corrected chi connectivity index (χ3v) is 11.0. The Morgan fingerprint density at radius 1 is 0.942 bits per heavy atom. The number of likely N-dealkylation sites (tertiary alicyclic amines) is 1. The number of rotatable bonds is 19. The molecular formula is C41H75N5O6. The molecule has 0 aromatic heterocycles. The van der Waals surface area contributed by atoms with Gasteiger partial charge in [-0.25, -0.2) is 0 Å². The molecule has 1 aliphatic heterocycles. The molecule has 0 aromatic rings. The van der Waals surface area contributed by atoms with Gasteiger partial charge in [-0.15, -0.1) is 0 Å². The predicted molar refractivity (Wildman–Crippen MR) is 210 cm³/mol. The zero-order valence-corrected chi connectivity index (χ0v) is 35.0. The van der Waals surface area contributed by atoms with Crippen LogP contribution in [0.1, 0.15) is 115 Å². The van der Waals surface area contributed by atoms with Crippen molar-refractivity contribution in [2.75, 3.05) is 27.7 Å². The van der Waals surface area contributed by atoms with E-state index in [2.05, 4.69) is 29.8 Å². The summed E-state index contributed by atoms with van der Waals surface area (Å²) in [7, 11) is 5.12. The summed E-state index contributed by atoms with van der Waals surface area (Å²) in [5.74, 6) is -1.29. The minimum Gasteiger partial charge on any atom is -0.386 e. The Morgan fingerprint density at radius 3 is 2.06 bits per heavy atom. The summed E-state index contributed by atoms with van der Waals surface area (Å²) in [4.78, 5) is 58.3. The standard InChI is InChI=1S/C39H69N5O6.C2H6/c1-13-25(6)34(43(11)39(49)33(24(4)5)42-38(48)32(40-10)23(2)3)26(7)22-31(45)44-21-17-20-30(44)36(50-12)27(8)37(47)41-28(9)35(46)29-18-15-14-16-19-29;1-2/h15,18-19,23-28,30,32-36,40,46H,13-14,16-17,20-22H2,1-12H3,(H,41,47)(H,42,48);1-2H3/t25?,26?,27-,28-,30?,32?,33?,34+,35-,36-;/m1./s1. The van der Waals surface area contributed by atoms with Gasteiger partial charge in [-0.1, -0.05) is 93.9 Å². The Labute approximate surface area is 316 Å². The second-order valence-electron chi connectivity index (χ2n) is 15.5. The maximum atomic E-state index is 14.1. The molecule has 4 amide bonds. The maximum absolute atomic E-state index is 14.1. The van der Waals surface area contributed by atoms with E-state index in [4.69, 9.17) is 4.74 Å². The van der Waals surface area contributed by atoms with Crippen LogP contribution in [0.4, 0.5) is 0 Å². The largest absolute Gasteiger partial charge is 0.386 e. The van der Waals surface area contributed by atoms with Gasteiger partial charge in [-0.3, -0.25) is 19.2 Å². The van der Waals surface area contributed by atoms with Crippen LogP contribution in [0.5, 0.6) is 0 Å². The van der Waals surface area contributed by atoms with E-state index in [1.54, 1.807) is 33.0 Å². The molecular weight excluding hydrogens is 658 g/mol. The predicted octanol–water partition coefficient (Wildman–Crippen LogP) is 5.08. The Hall–Kier alpha value is -2.76. The molecule has 2 rings (SSSR count). The van der Waals surface area contributed by atoms with Crippen molar-refractivity contribution >= 4 is 23.6 Å². The van der Waals surface area contributed by atoms with Gasteiger partial charge in [0.15, 0.2) is 0 Å². The second kappa shape index (κ2) is 23.1. The van der Waals surface area contributed by atoms with Gasteiger partial charge in [-0.05, 0) is 68.9 Å². The average Bonchev–Trinajstić information content (AvgIpc) is 3.61. The molecule has 5 unspecified atom stereocenters. The van der Waals surface area contributed by atoms with Crippen LogP contribution in [-0.2, 0) is 23.9 Å². The molecule has 1 saturated heterocycles. The molecule has 1 heterocycles. The van der Waals surface area contributed by atoms with Crippen molar-refractivity contribution in [1.29, 1.82) is 0 Å². The fraction of sp³-hybridized carbons (Fsp3) is 0.805. The lowest BCUT2D eigenvalue weighted by molar-refractivity contribution is -0.144. The first-order valence-corrected chi connectivity index (χ1v) is 19.9. The molecule has 1 aliphatic carbocycles. The van der Waals surface area contributed by atoms with Gasteiger partial charge in [0.05, 0.1) is 36.3 Å². The molecule has 0 radical (unpaired) electrons. The SMILES string of the molecule is CC.CCC(C)[C@@H](C(C)CC(=O)N1CCCC1[C@H](OC)[C@@H](C)C(=O)N[C@H](C)[C@@H](O)C1=CCCC=C1)N(C)C(=O)C(NC(=O)C(NC)C(C)C)C(C)C. The summed E-state index contributed by atoms with van der Waals surface area (Å²) in [6, 6.07) is -2.10. The van der Waals surface area contributed by atoms with E-state index in [-0.39, 0.29) is 65.8 Å². The van der Waals surface area contributed by atoms with Gasteiger partial charge in [0, 0.05) is 33.2 Å². The van der Waals surface area contributed by atoms with Crippen LogP contribution < -0.4 is 16.0 Å². The number of carbonyl (C=O) groups excluding carboxylic acids is 4. The van der Waals surface area contributed by atoms with E-state index in [0.29, 0.717) is 6.54 Å². The number of carbonyl (C=O) groups is 4. The highest BCUT2D eigenvalue weighted by molar-refractivity contribution is 5.90. The lowest BCUT2D eigenvalue weighted by Crippen LogP contribution is -2.58. The van der Waals surface area contributed by atoms with Crippen LogP contribution in [0.15, 0.2) is 23.8 Å². The van der Waals surface area contributed by atoms with Crippen molar-refractivity contribution in [2.45, 2.75) is 157 Å². The Morgan fingerprint density at radius 2 is 1.56 bits per heavy atom. The third kappa shape index (κ3) is 12.7. The van der Waals surface area contributed by atoms with Crippen molar-refractivity contribution < 1.29 is 29.0 Å². The first-order chi connectivity index (χ1) is 24.5. The number of allylic oxidation sites excluding steroid dienone is 2. The third-order valence-electron chi connectivity index (χ3n) is 11.0. The number of aliphatic hydroxyl groups is 1. The minimum absolute atomic E-state index is 0.0221. The number of nitrogens with zero attached hydrogens (tertiary/aromatic N) is 2. The molecule has 52 heavy (non-hydrogen) atoms. The summed E-state index contributed by atoms with van der Waals surface area (Å²) < 4.78 is 5.92. The van der Waals surface area contributed by atoms with Crippen LogP contribution in [0, 0.1) is 29.6 Å². The van der Waals surface area contributed by atoms with Crippen molar-refractivity contribution in [3.63, 3.8) is 0 Å². The molecule has 11 heteroatoms. The van der Waals surface area contributed by atoms with E-state index in [0.717, 1.165) is 37.7 Å². The smallest absolute Gasteiger partial charge is 0.245 e. The topological polar surface area (TPSA) is 140 Å². The summed E-state index contributed by atoms with van der Waals surface area (Å²) in [5, 5.41) is 19.9. The molecule has 10 atom stereocenters. The number of nitrogens with one attached hydrogen (secondary N) is 3.